The molecule has 4 rings (SSSR count). The SMILES string of the molecule is CCCc1nc2sc3c(c2c(=O)n1NC(=O)CCN1CCCCC1)CCCC3. The number of piperidine rings is 1. The highest BCUT2D eigenvalue weighted by Gasteiger charge is 2.22. The van der Waals surface area contributed by atoms with Crippen molar-refractivity contribution in [2.75, 3.05) is 25.1 Å². The standard InChI is InChI=1S/C21H30N4O2S/c1-2-8-17-22-20-19(15-9-4-5-10-16(15)28-20)21(27)25(17)23-18(26)11-14-24-12-6-3-7-13-24/h2-14H2,1H3,(H,23,26). The minimum Gasteiger partial charge on any atom is -0.303 e. The topological polar surface area (TPSA) is 67.2 Å². The first kappa shape index (κ1) is 19.6. The van der Waals surface area contributed by atoms with Crippen molar-refractivity contribution >= 4 is 27.5 Å². The van der Waals surface area contributed by atoms with Crippen molar-refractivity contribution in [3.63, 3.8) is 0 Å². The first-order chi connectivity index (χ1) is 13.7. The molecule has 152 valence electrons. The molecular weight excluding hydrogens is 372 g/mol. The van der Waals surface area contributed by atoms with E-state index in [4.69, 9.17) is 4.98 Å². The van der Waals surface area contributed by atoms with Crippen LogP contribution in [-0.2, 0) is 24.1 Å². The minimum absolute atomic E-state index is 0.0980. The Kier molecular flexibility index (Phi) is 6.11. The zero-order valence-electron chi connectivity index (χ0n) is 16.8. The van der Waals surface area contributed by atoms with Crippen LogP contribution >= 0.6 is 11.3 Å². The lowest BCUT2D eigenvalue weighted by Crippen LogP contribution is -2.38. The molecule has 0 aromatic carbocycles. The third-order valence-electron chi connectivity index (χ3n) is 5.87. The molecule has 6 nitrogen and oxygen atoms in total. The molecule has 0 bridgehead atoms. The summed E-state index contributed by atoms with van der Waals surface area (Å²) >= 11 is 1.67. The first-order valence-corrected chi connectivity index (χ1v) is 11.6. The average molecular weight is 403 g/mol. The van der Waals surface area contributed by atoms with Crippen molar-refractivity contribution in [2.24, 2.45) is 0 Å². The number of hydrogen-bond acceptors (Lipinski definition) is 5. The second-order valence-electron chi connectivity index (χ2n) is 8.00. The monoisotopic (exact) mass is 402 g/mol. The Bertz CT molecular complexity index is 911. The van der Waals surface area contributed by atoms with Gasteiger partial charge in [0.2, 0.25) is 5.91 Å². The summed E-state index contributed by atoms with van der Waals surface area (Å²) in [6.45, 7) is 4.97. The maximum absolute atomic E-state index is 13.3. The van der Waals surface area contributed by atoms with Crippen molar-refractivity contribution in [2.45, 2.75) is 71.1 Å². The highest BCUT2D eigenvalue weighted by Crippen LogP contribution is 2.33. The fourth-order valence-corrected chi connectivity index (χ4v) is 5.65. The van der Waals surface area contributed by atoms with Gasteiger partial charge in [0.1, 0.15) is 10.7 Å². The second kappa shape index (κ2) is 8.74. The summed E-state index contributed by atoms with van der Waals surface area (Å²) in [4.78, 5) is 35.2. The lowest BCUT2D eigenvalue weighted by Gasteiger charge is -2.26. The molecule has 2 aliphatic rings. The van der Waals surface area contributed by atoms with Gasteiger partial charge in [0.15, 0.2) is 0 Å². The molecule has 2 aromatic rings. The van der Waals surface area contributed by atoms with Gasteiger partial charge < -0.3 is 4.90 Å². The Labute approximate surface area is 169 Å². The number of aryl methyl sites for hydroxylation is 3. The summed E-state index contributed by atoms with van der Waals surface area (Å²) in [6, 6.07) is 0. The molecule has 0 saturated carbocycles. The number of nitrogens with zero attached hydrogens (tertiary/aromatic N) is 3. The number of hydrogen-bond donors (Lipinski definition) is 1. The number of aromatic nitrogens is 2. The number of nitrogens with one attached hydrogen (secondary N) is 1. The van der Waals surface area contributed by atoms with Gasteiger partial charge in [-0.2, -0.15) is 0 Å². The summed E-state index contributed by atoms with van der Waals surface area (Å²) in [5, 5.41) is 0.732. The predicted molar refractivity (Wildman–Crippen MR) is 114 cm³/mol. The number of thiophene rings is 1. The van der Waals surface area contributed by atoms with Gasteiger partial charge in [-0.15, -0.1) is 11.3 Å². The Hall–Kier alpha value is -1.73. The molecule has 3 heterocycles. The van der Waals surface area contributed by atoms with Crippen LogP contribution in [0.4, 0.5) is 0 Å². The van der Waals surface area contributed by atoms with Crippen LogP contribution in [0.2, 0.25) is 0 Å². The molecule has 2 aromatic heterocycles. The van der Waals surface area contributed by atoms with E-state index in [9.17, 15) is 9.59 Å². The molecule has 1 aliphatic heterocycles. The summed E-state index contributed by atoms with van der Waals surface area (Å²) in [7, 11) is 0. The molecule has 7 heteroatoms. The molecule has 0 spiro atoms. The van der Waals surface area contributed by atoms with Gasteiger partial charge in [-0.1, -0.05) is 13.3 Å². The fraction of sp³-hybridized carbons (Fsp3) is 0.667. The van der Waals surface area contributed by atoms with Gasteiger partial charge in [0.05, 0.1) is 5.39 Å². The van der Waals surface area contributed by atoms with E-state index in [0.717, 1.165) is 55.5 Å². The van der Waals surface area contributed by atoms with Crippen LogP contribution in [0.5, 0.6) is 0 Å². The number of likely N-dealkylation sites (tertiary alicyclic amines) is 1. The van der Waals surface area contributed by atoms with E-state index in [1.54, 1.807) is 11.3 Å². The third kappa shape index (κ3) is 4.01. The van der Waals surface area contributed by atoms with E-state index in [2.05, 4.69) is 17.2 Å². The average Bonchev–Trinajstić information content (AvgIpc) is 3.09. The molecule has 1 fully saturated rings. The summed E-state index contributed by atoms with van der Waals surface area (Å²) < 4.78 is 1.44. The van der Waals surface area contributed by atoms with Crippen LogP contribution in [0, 0.1) is 0 Å². The van der Waals surface area contributed by atoms with E-state index in [1.807, 2.05) is 0 Å². The minimum atomic E-state index is -0.102. The van der Waals surface area contributed by atoms with Gasteiger partial charge in [-0.3, -0.25) is 15.0 Å². The van der Waals surface area contributed by atoms with Gasteiger partial charge in [-0.05, 0) is 63.6 Å². The van der Waals surface area contributed by atoms with Crippen molar-refractivity contribution in [1.29, 1.82) is 0 Å². The quantitative estimate of drug-likeness (QED) is 0.806. The van der Waals surface area contributed by atoms with Gasteiger partial charge in [0.25, 0.3) is 5.56 Å². The Morgan fingerprint density at radius 1 is 1.14 bits per heavy atom. The van der Waals surface area contributed by atoms with Crippen LogP contribution < -0.4 is 11.0 Å². The third-order valence-corrected chi connectivity index (χ3v) is 7.06. The van der Waals surface area contributed by atoms with E-state index < -0.39 is 0 Å². The number of amides is 1. The molecule has 1 aliphatic carbocycles. The molecule has 0 atom stereocenters. The highest BCUT2D eigenvalue weighted by atomic mass is 32.1. The van der Waals surface area contributed by atoms with Crippen LogP contribution in [0.15, 0.2) is 4.79 Å². The van der Waals surface area contributed by atoms with Gasteiger partial charge in [0, 0.05) is 24.3 Å². The summed E-state index contributed by atoms with van der Waals surface area (Å²) in [5.74, 6) is 0.570. The maximum Gasteiger partial charge on any atom is 0.281 e. The number of carbonyl (C=O) groups excluding carboxylic acids is 1. The van der Waals surface area contributed by atoms with Crippen LogP contribution in [0.3, 0.4) is 0 Å². The number of carbonyl (C=O) groups is 1. The lowest BCUT2D eigenvalue weighted by molar-refractivity contribution is -0.117. The predicted octanol–water partition coefficient (Wildman–Crippen LogP) is 3.24. The van der Waals surface area contributed by atoms with Crippen molar-refractivity contribution < 1.29 is 4.79 Å². The molecular formula is C21H30N4O2S. The summed E-state index contributed by atoms with van der Waals surface area (Å²) in [5.41, 5.74) is 3.94. The Balaban J connectivity index is 1.59. The lowest BCUT2D eigenvalue weighted by atomic mass is 9.97. The molecule has 1 saturated heterocycles. The summed E-state index contributed by atoms with van der Waals surface area (Å²) in [6.07, 6.45) is 9.99. The highest BCUT2D eigenvalue weighted by molar-refractivity contribution is 7.18. The fourth-order valence-electron chi connectivity index (χ4n) is 4.38. The smallest absolute Gasteiger partial charge is 0.281 e. The van der Waals surface area contributed by atoms with Crippen LogP contribution in [0.25, 0.3) is 10.2 Å². The first-order valence-electron chi connectivity index (χ1n) is 10.8. The number of fused-ring (bicyclic) bond motifs is 3. The van der Waals surface area contributed by atoms with E-state index in [0.29, 0.717) is 18.7 Å². The van der Waals surface area contributed by atoms with Crippen LogP contribution in [0.1, 0.15) is 68.1 Å². The van der Waals surface area contributed by atoms with E-state index in [1.165, 1.54) is 40.8 Å². The van der Waals surface area contributed by atoms with Crippen molar-refractivity contribution in [3.8, 4) is 0 Å². The largest absolute Gasteiger partial charge is 0.303 e. The molecule has 1 amide bonds. The molecule has 28 heavy (non-hydrogen) atoms. The van der Waals surface area contributed by atoms with E-state index >= 15 is 0 Å². The Morgan fingerprint density at radius 2 is 1.93 bits per heavy atom. The normalized spacial score (nSPS) is 17.6. The number of rotatable bonds is 6. The second-order valence-corrected chi connectivity index (χ2v) is 9.08. The maximum atomic E-state index is 13.3. The van der Waals surface area contributed by atoms with Crippen LogP contribution in [-0.4, -0.2) is 40.1 Å². The van der Waals surface area contributed by atoms with Crippen molar-refractivity contribution in [1.82, 2.24) is 14.6 Å². The van der Waals surface area contributed by atoms with Gasteiger partial charge >= 0.3 is 0 Å². The zero-order chi connectivity index (χ0) is 19.5. The van der Waals surface area contributed by atoms with Crippen molar-refractivity contribution in [3.05, 3.63) is 26.6 Å². The zero-order valence-corrected chi connectivity index (χ0v) is 17.6. The molecule has 1 N–H and O–H groups in total. The molecule has 0 radical (unpaired) electrons. The molecule has 0 unspecified atom stereocenters. The van der Waals surface area contributed by atoms with Gasteiger partial charge in [-0.25, -0.2) is 9.66 Å². The van der Waals surface area contributed by atoms with E-state index in [-0.39, 0.29) is 11.5 Å². The Morgan fingerprint density at radius 3 is 2.71 bits per heavy atom.